The second-order valence-corrected chi connectivity index (χ2v) is 5.90. The van der Waals surface area contributed by atoms with Crippen LogP contribution in [0.5, 0.6) is 5.75 Å². The minimum atomic E-state index is -1.21. The van der Waals surface area contributed by atoms with Crippen molar-refractivity contribution in [1.82, 2.24) is 0 Å². The Morgan fingerprint density at radius 1 is 0.952 bits per heavy atom. The van der Waals surface area contributed by atoms with Crippen LogP contribution in [0.15, 0.2) is 33.2 Å². The van der Waals surface area contributed by atoms with Gasteiger partial charge in [-0.25, -0.2) is 13.2 Å². The highest BCUT2D eigenvalue weighted by Gasteiger charge is 2.11. The molecule has 112 valence electrons. The molecular weight excluding hydrogens is 415 g/mol. The number of nitrogens with one attached hydrogen (secondary N) is 1. The molecule has 0 bridgehead atoms. The smallest absolute Gasteiger partial charge is 0.161 e. The summed E-state index contributed by atoms with van der Waals surface area (Å²) in [5, 5.41) is 2.73. The van der Waals surface area contributed by atoms with E-state index >= 15 is 0 Å². The van der Waals surface area contributed by atoms with E-state index in [-0.39, 0.29) is 12.2 Å². The maximum absolute atomic E-state index is 13.5. The molecule has 0 fully saturated rings. The van der Waals surface area contributed by atoms with E-state index in [1.807, 2.05) is 0 Å². The maximum atomic E-state index is 13.5. The van der Waals surface area contributed by atoms with Gasteiger partial charge in [0.1, 0.15) is 11.6 Å². The monoisotopic (exact) mass is 423 g/mol. The summed E-state index contributed by atoms with van der Waals surface area (Å²) in [4.78, 5) is 0. The first kappa shape index (κ1) is 16.2. The molecule has 2 rings (SSSR count). The van der Waals surface area contributed by atoms with Gasteiger partial charge in [-0.1, -0.05) is 0 Å². The fourth-order valence-electron chi connectivity index (χ4n) is 1.76. The van der Waals surface area contributed by atoms with E-state index in [1.165, 1.54) is 0 Å². The van der Waals surface area contributed by atoms with Crippen LogP contribution in [0.25, 0.3) is 0 Å². The van der Waals surface area contributed by atoms with Crippen molar-refractivity contribution >= 4 is 37.5 Å². The van der Waals surface area contributed by atoms with Crippen LogP contribution in [0, 0.1) is 17.5 Å². The molecule has 2 nitrogen and oxygen atoms in total. The molecule has 0 aliphatic heterocycles. The van der Waals surface area contributed by atoms with Crippen molar-refractivity contribution in [3.63, 3.8) is 0 Å². The number of benzene rings is 2. The lowest BCUT2D eigenvalue weighted by atomic mass is 10.2. The second kappa shape index (κ2) is 6.70. The zero-order valence-electron chi connectivity index (χ0n) is 10.8. The van der Waals surface area contributed by atoms with Crippen molar-refractivity contribution in [1.29, 1.82) is 0 Å². The molecule has 0 atom stereocenters. The fraction of sp³-hybridized carbons (Fsp3) is 0.143. The Morgan fingerprint density at radius 2 is 1.52 bits per heavy atom. The van der Waals surface area contributed by atoms with Crippen molar-refractivity contribution < 1.29 is 17.9 Å². The molecule has 0 aliphatic carbocycles. The van der Waals surface area contributed by atoms with Crippen molar-refractivity contribution in [2.45, 2.75) is 6.54 Å². The Morgan fingerprint density at radius 3 is 2.10 bits per heavy atom. The number of rotatable bonds is 4. The number of hydrogen-bond donors (Lipinski definition) is 1. The molecule has 7 heteroatoms. The predicted octanol–water partition coefficient (Wildman–Crippen LogP) is 5.25. The molecule has 0 unspecified atom stereocenters. The van der Waals surface area contributed by atoms with Gasteiger partial charge in [0, 0.05) is 18.7 Å². The molecule has 0 aromatic heterocycles. The van der Waals surface area contributed by atoms with Crippen LogP contribution in [-0.2, 0) is 6.54 Å². The van der Waals surface area contributed by atoms with Gasteiger partial charge in [-0.15, -0.1) is 0 Å². The van der Waals surface area contributed by atoms with Crippen molar-refractivity contribution in [3.8, 4) is 5.75 Å². The maximum Gasteiger partial charge on any atom is 0.161 e. The molecule has 0 radical (unpaired) electrons. The number of anilines is 1. The summed E-state index contributed by atoms with van der Waals surface area (Å²) in [5.41, 5.74) is 0.704. The average molecular weight is 425 g/mol. The van der Waals surface area contributed by atoms with E-state index in [2.05, 4.69) is 37.2 Å². The number of ether oxygens (including phenoxy) is 1. The number of halogens is 5. The van der Waals surface area contributed by atoms with Gasteiger partial charge >= 0.3 is 0 Å². The Balaban J connectivity index is 2.19. The van der Waals surface area contributed by atoms with Crippen LogP contribution in [0.3, 0.4) is 0 Å². The third-order valence-corrected chi connectivity index (χ3v) is 3.93. The van der Waals surface area contributed by atoms with Crippen LogP contribution in [0.1, 0.15) is 5.56 Å². The molecule has 2 aromatic rings. The fourth-order valence-corrected chi connectivity index (χ4v) is 3.37. The lowest BCUT2D eigenvalue weighted by Gasteiger charge is -2.11. The lowest BCUT2D eigenvalue weighted by molar-refractivity contribution is 0.409. The van der Waals surface area contributed by atoms with E-state index in [9.17, 15) is 13.2 Å². The van der Waals surface area contributed by atoms with Crippen molar-refractivity contribution in [3.05, 3.63) is 56.2 Å². The third-order valence-electron chi connectivity index (χ3n) is 2.76. The van der Waals surface area contributed by atoms with Gasteiger partial charge in [0.05, 0.1) is 21.7 Å². The summed E-state index contributed by atoms with van der Waals surface area (Å²) in [5.74, 6) is -2.53. The highest BCUT2D eigenvalue weighted by Crippen LogP contribution is 2.34. The number of methoxy groups -OCH3 is 1. The van der Waals surface area contributed by atoms with Gasteiger partial charge in [0.15, 0.2) is 11.6 Å². The Hall–Kier alpha value is -1.21. The number of hydrogen-bond acceptors (Lipinski definition) is 2. The lowest BCUT2D eigenvalue weighted by Crippen LogP contribution is -2.03. The predicted molar refractivity (Wildman–Crippen MR) is 82.0 cm³/mol. The minimum absolute atomic E-state index is 0.100. The Kier molecular flexibility index (Phi) is 5.16. The molecule has 21 heavy (non-hydrogen) atoms. The molecule has 0 aliphatic rings. The summed E-state index contributed by atoms with van der Waals surface area (Å²) >= 11 is 6.71. The van der Waals surface area contributed by atoms with Gasteiger partial charge < -0.3 is 10.1 Å². The second-order valence-electron chi connectivity index (χ2n) is 4.19. The van der Waals surface area contributed by atoms with Crippen molar-refractivity contribution in [2.24, 2.45) is 0 Å². The highest BCUT2D eigenvalue weighted by molar-refractivity contribution is 9.11. The van der Waals surface area contributed by atoms with Gasteiger partial charge in [0.2, 0.25) is 0 Å². The summed E-state index contributed by atoms with van der Waals surface area (Å²) in [6, 6.07) is 4.87. The van der Waals surface area contributed by atoms with Crippen LogP contribution in [0.4, 0.5) is 18.9 Å². The zero-order chi connectivity index (χ0) is 15.6. The first-order chi connectivity index (χ1) is 9.92. The van der Waals surface area contributed by atoms with E-state index in [1.54, 1.807) is 19.2 Å². The Bertz CT molecular complexity index is 657. The van der Waals surface area contributed by atoms with Crippen LogP contribution < -0.4 is 10.1 Å². The summed E-state index contributed by atoms with van der Waals surface area (Å²) < 4.78 is 46.1. The standard InChI is InChI=1S/C14H10Br2F3NO/c1-21-14-8(15)2-7(3-9(14)16)6-20-13-5-11(18)10(17)4-12(13)19/h2-5,20H,6H2,1H3. The molecule has 0 amide bonds. The van der Waals surface area contributed by atoms with Gasteiger partial charge in [0.25, 0.3) is 0 Å². The first-order valence-electron chi connectivity index (χ1n) is 5.82. The molecule has 0 heterocycles. The highest BCUT2D eigenvalue weighted by atomic mass is 79.9. The molecule has 1 N–H and O–H groups in total. The van der Waals surface area contributed by atoms with E-state index in [0.717, 1.165) is 20.6 Å². The van der Waals surface area contributed by atoms with E-state index in [4.69, 9.17) is 4.74 Å². The SMILES string of the molecule is COc1c(Br)cc(CNc2cc(F)c(F)cc2F)cc1Br. The largest absolute Gasteiger partial charge is 0.494 e. The van der Waals surface area contributed by atoms with E-state index in [0.29, 0.717) is 11.8 Å². The normalized spacial score (nSPS) is 10.6. The molecule has 0 saturated carbocycles. The zero-order valence-corrected chi connectivity index (χ0v) is 14.0. The summed E-state index contributed by atoms with van der Waals surface area (Å²) in [6.07, 6.45) is 0. The van der Waals surface area contributed by atoms with Crippen LogP contribution in [-0.4, -0.2) is 7.11 Å². The molecular formula is C14H10Br2F3NO. The minimum Gasteiger partial charge on any atom is -0.494 e. The van der Waals surface area contributed by atoms with Gasteiger partial charge in [-0.2, -0.15) is 0 Å². The molecule has 0 spiro atoms. The Labute approximate surface area is 136 Å². The van der Waals surface area contributed by atoms with E-state index < -0.39 is 17.5 Å². The first-order valence-corrected chi connectivity index (χ1v) is 7.41. The third kappa shape index (κ3) is 3.71. The average Bonchev–Trinajstić information content (AvgIpc) is 2.41. The van der Waals surface area contributed by atoms with Crippen LogP contribution in [0.2, 0.25) is 0 Å². The van der Waals surface area contributed by atoms with Crippen LogP contribution >= 0.6 is 31.9 Å². The summed E-state index contributed by atoms with van der Waals surface area (Å²) in [6.45, 7) is 0.239. The molecule has 2 aromatic carbocycles. The van der Waals surface area contributed by atoms with Crippen molar-refractivity contribution in [2.75, 3.05) is 12.4 Å². The topological polar surface area (TPSA) is 21.3 Å². The molecule has 0 saturated heterocycles. The van der Waals surface area contributed by atoms with Gasteiger partial charge in [-0.05, 0) is 49.6 Å². The summed E-state index contributed by atoms with van der Waals surface area (Å²) in [7, 11) is 1.54. The quantitative estimate of drug-likeness (QED) is 0.677. The van der Waals surface area contributed by atoms with Gasteiger partial charge in [-0.3, -0.25) is 0 Å².